The SMILES string of the molecule is CC(C)N1CCC(N2CCN(C(=O)N[C@H](c3ccccc3F)c3nccn3C)CC2)CC1. The number of benzene rings is 1. The molecule has 8 heteroatoms. The fourth-order valence-corrected chi connectivity index (χ4v) is 4.92. The number of hydrogen-bond acceptors (Lipinski definition) is 4. The van der Waals surface area contributed by atoms with E-state index in [9.17, 15) is 9.18 Å². The van der Waals surface area contributed by atoms with Crippen molar-refractivity contribution in [2.24, 2.45) is 7.05 Å². The molecule has 7 nitrogen and oxygen atoms in total. The van der Waals surface area contributed by atoms with Crippen LogP contribution in [0.5, 0.6) is 0 Å². The Morgan fingerprint density at radius 3 is 2.38 bits per heavy atom. The first kappa shape index (κ1) is 22.7. The number of halogens is 1. The number of piperazine rings is 1. The van der Waals surface area contributed by atoms with Gasteiger partial charge in [-0.25, -0.2) is 14.2 Å². The maximum absolute atomic E-state index is 14.6. The van der Waals surface area contributed by atoms with Crippen molar-refractivity contribution in [3.05, 3.63) is 53.9 Å². The molecule has 2 saturated heterocycles. The molecule has 32 heavy (non-hydrogen) atoms. The second kappa shape index (κ2) is 10.0. The molecule has 1 aromatic carbocycles. The molecule has 0 radical (unpaired) electrons. The molecule has 1 aromatic heterocycles. The minimum absolute atomic E-state index is 0.171. The van der Waals surface area contributed by atoms with E-state index in [1.165, 1.54) is 18.9 Å². The van der Waals surface area contributed by atoms with Gasteiger partial charge in [0.25, 0.3) is 0 Å². The molecule has 2 aliphatic heterocycles. The van der Waals surface area contributed by atoms with E-state index in [0.717, 1.165) is 26.2 Å². The number of likely N-dealkylation sites (tertiary alicyclic amines) is 1. The summed E-state index contributed by atoms with van der Waals surface area (Å²) >= 11 is 0. The normalized spacial score (nSPS) is 20.0. The summed E-state index contributed by atoms with van der Waals surface area (Å²) in [4.78, 5) is 24.4. The predicted octanol–water partition coefficient (Wildman–Crippen LogP) is 2.85. The zero-order chi connectivity index (χ0) is 22.7. The van der Waals surface area contributed by atoms with Crippen LogP contribution in [-0.2, 0) is 7.05 Å². The highest BCUT2D eigenvalue weighted by molar-refractivity contribution is 5.75. The van der Waals surface area contributed by atoms with Gasteiger partial charge in [0.1, 0.15) is 17.7 Å². The number of nitrogens with one attached hydrogen (secondary N) is 1. The van der Waals surface area contributed by atoms with Crippen molar-refractivity contribution in [2.75, 3.05) is 39.3 Å². The van der Waals surface area contributed by atoms with Crippen molar-refractivity contribution in [3.8, 4) is 0 Å². The Balaban J connectivity index is 1.37. The standard InChI is InChI=1S/C24H35FN6O/c1-18(2)29-11-8-19(9-12-29)30-14-16-31(17-15-30)24(32)27-22(23-26-10-13-28(23)3)20-6-4-5-7-21(20)25/h4-7,10,13,18-19,22H,8-9,11-12,14-17H2,1-3H3,(H,27,32)/t22-/m1/s1. The van der Waals surface area contributed by atoms with Crippen molar-refractivity contribution in [2.45, 2.75) is 44.8 Å². The Kier molecular flexibility index (Phi) is 7.10. The molecule has 0 aliphatic carbocycles. The highest BCUT2D eigenvalue weighted by atomic mass is 19.1. The number of aryl methyl sites for hydroxylation is 1. The summed E-state index contributed by atoms with van der Waals surface area (Å²) in [5.74, 6) is 0.261. The van der Waals surface area contributed by atoms with Crippen LogP contribution in [0.25, 0.3) is 0 Å². The number of rotatable bonds is 5. The molecular formula is C24H35FN6O. The Hall–Kier alpha value is -2.45. The summed E-state index contributed by atoms with van der Waals surface area (Å²) in [5.41, 5.74) is 0.422. The maximum Gasteiger partial charge on any atom is 0.318 e. The number of carbonyl (C=O) groups excluding carboxylic acids is 1. The zero-order valence-electron chi connectivity index (χ0n) is 19.4. The van der Waals surface area contributed by atoms with Gasteiger partial charge >= 0.3 is 6.03 Å². The van der Waals surface area contributed by atoms with Crippen LogP contribution in [0.1, 0.15) is 44.1 Å². The molecule has 0 unspecified atom stereocenters. The van der Waals surface area contributed by atoms with E-state index >= 15 is 0 Å². The fourth-order valence-electron chi connectivity index (χ4n) is 4.92. The molecule has 2 aliphatic rings. The number of hydrogen-bond donors (Lipinski definition) is 1. The first-order valence-corrected chi connectivity index (χ1v) is 11.7. The topological polar surface area (TPSA) is 56.6 Å². The summed E-state index contributed by atoms with van der Waals surface area (Å²) in [7, 11) is 1.85. The second-order valence-corrected chi connectivity index (χ2v) is 9.18. The van der Waals surface area contributed by atoms with Crippen LogP contribution in [0.4, 0.5) is 9.18 Å². The zero-order valence-corrected chi connectivity index (χ0v) is 19.4. The fraction of sp³-hybridized carbons (Fsp3) is 0.583. The Morgan fingerprint density at radius 2 is 1.78 bits per heavy atom. The lowest BCUT2D eigenvalue weighted by molar-refractivity contribution is 0.0601. The van der Waals surface area contributed by atoms with Gasteiger partial charge < -0.3 is 19.7 Å². The first-order chi connectivity index (χ1) is 15.4. The Morgan fingerprint density at radius 1 is 1.09 bits per heavy atom. The lowest BCUT2D eigenvalue weighted by Gasteiger charge is -2.43. The van der Waals surface area contributed by atoms with Gasteiger partial charge in [-0.15, -0.1) is 0 Å². The number of nitrogens with zero attached hydrogens (tertiary/aromatic N) is 5. The third-order valence-electron chi connectivity index (χ3n) is 6.95. The van der Waals surface area contributed by atoms with Crippen molar-refractivity contribution in [1.29, 1.82) is 0 Å². The van der Waals surface area contributed by atoms with E-state index in [4.69, 9.17) is 0 Å². The minimum atomic E-state index is -0.637. The van der Waals surface area contributed by atoms with Crippen molar-refractivity contribution >= 4 is 6.03 Å². The highest BCUT2D eigenvalue weighted by Crippen LogP contribution is 2.24. The number of amides is 2. The third kappa shape index (κ3) is 4.96. The van der Waals surface area contributed by atoms with Gasteiger partial charge in [-0.1, -0.05) is 18.2 Å². The molecule has 0 saturated carbocycles. The van der Waals surface area contributed by atoms with E-state index in [1.807, 2.05) is 16.5 Å². The molecule has 1 atom stereocenters. The van der Waals surface area contributed by atoms with Crippen molar-refractivity contribution in [1.82, 2.24) is 29.6 Å². The lowest BCUT2D eigenvalue weighted by Crippen LogP contribution is -2.56. The molecule has 2 amide bonds. The monoisotopic (exact) mass is 442 g/mol. The molecule has 2 aromatic rings. The van der Waals surface area contributed by atoms with E-state index in [0.29, 0.717) is 36.6 Å². The smallest absolute Gasteiger partial charge is 0.318 e. The average molecular weight is 443 g/mol. The number of carbonyl (C=O) groups is 1. The second-order valence-electron chi connectivity index (χ2n) is 9.18. The molecule has 2 fully saturated rings. The van der Waals surface area contributed by atoms with Crippen LogP contribution in [0, 0.1) is 5.82 Å². The number of urea groups is 1. The average Bonchev–Trinajstić information content (AvgIpc) is 3.23. The van der Waals surface area contributed by atoms with Crippen molar-refractivity contribution < 1.29 is 9.18 Å². The van der Waals surface area contributed by atoms with Gasteiger partial charge in [-0.2, -0.15) is 0 Å². The minimum Gasteiger partial charge on any atom is -0.336 e. The van der Waals surface area contributed by atoms with Crippen LogP contribution in [0.2, 0.25) is 0 Å². The molecule has 4 rings (SSSR count). The lowest BCUT2D eigenvalue weighted by atomic mass is 10.0. The van der Waals surface area contributed by atoms with Gasteiger partial charge in [0.05, 0.1) is 0 Å². The Bertz CT molecular complexity index is 899. The summed E-state index contributed by atoms with van der Waals surface area (Å²) in [6, 6.07) is 6.96. The Labute approximate surface area is 190 Å². The van der Waals surface area contributed by atoms with Crippen LogP contribution in [0.15, 0.2) is 36.7 Å². The van der Waals surface area contributed by atoms with E-state index in [2.05, 4.69) is 33.9 Å². The molecule has 174 valence electrons. The number of imidazole rings is 1. The molecular weight excluding hydrogens is 407 g/mol. The number of piperidine rings is 1. The quantitative estimate of drug-likeness (QED) is 0.774. The van der Waals surface area contributed by atoms with Crippen LogP contribution in [0.3, 0.4) is 0 Å². The largest absolute Gasteiger partial charge is 0.336 e. The predicted molar refractivity (Wildman–Crippen MR) is 123 cm³/mol. The number of aromatic nitrogens is 2. The highest BCUT2D eigenvalue weighted by Gasteiger charge is 2.31. The molecule has 3 heterocycles. The molecule has 1 N–H and O–H groups in total. The van der Waals surface area contributed by atoms with E-state index in [-0.39, 0.29) is 11.8 Å². The maximum atomic E-state index is 14.6. The summed E-state index contributed by atoms with van der Waals surface area (Å²) in [6.45, 7) is 9.95. The van der Waals surface area contributed by atoms with Gasteiger partial charge in [0, 0.05) is 63.3 Å². The first-order valence-electron chi connectivity index (χ1n) is 11.7. The van der Waals surface area contributed by atoms with Crippen LogP contribution >= 0.6 is 0 Å². The van der Waals surface area contributed by atoms with E-state index in [1.54, 1.807) is 30.6 Å². The van der Waals surface area contributed by atoms with Crippen LogP contribution < -0.4 is 5.32 Å². The van der Waals surface area contributed by atoms with Crippen LogP contribution in [-0.4, -0.2) is 81.6 Å². The third-order valence-corrected chi connectivity index (χ3v) is 6.95. The van der Waals surface area contributed by atoms with Gasteiger partial charge in [0.15, 0.2) is 0 Å². The summed E-state index contributed by atoms with van der Waals surface area (Å²) in [6.07, 6.45) is 5.86. The van der Waals surface area contributed by atoms with Gasteiger partial charge in [0.2, 0.25) is 0 Å². The summed E-state index contributed by atoms with van der Waals surface area (Å²) in [5, 5.41) is 3.04. The molecule has 0 bridgehead atoms. The summed E-state index contributed by atoms with van der Waals surface area (Å²) < 4.78 is 16.4. The van der Waals surface area contributed by atoms with Crippen molar-refractivity contribution in [3.63, 3.8) is 0 Å². The molecule has 0 spiro atoms. The van der Waals surface area contributed by atoms with E-state index < -0.39 is 6.04 Å². The van der Waals surface area contributed by atoms with Gasteiger partial charge in [-0.05, 0) is 45.8 Å². The van der Waals surface area contributed by atoms with Gasteiger partial charge in [-0.3, -0.25) is 4.90 Å².